The molecule has 10 heteroatoms. The van der Waals surface area contributed by atoms with Crippen LogP contribution >= 0.6 is 0 Å². The highest BCUT2D eigenvalue weighted by Crippen LogP contribution is 2.33. The van der Waals surface area contributed by atoms with Gasteiger partial charge in [-0.2, -0.15) is 0 Å². The molecule has 5 N–H and O–H groups in total. The molecule has 0 spiro atoms. The van der Waals surface area contributed by atoms with Gasteiger partial charge in [-0.1, -0.05) is 0 Å². The van der Waals surface area contributed by atoms with Gasteiger partial charge in [-0.15, -0.1) is 0 Å². The van der Waals surface area contributed by atoms with E-state index in [4.69, 9.17) is 14.3 Å². The first-order valence-electron chi connectivity index (χ1n) is 8.31. The number of aliphatic hydroxyl groups excluding tert-OH is 2. The van der Waals surface area contributed by atoms with Gasteiger partial charge in [-0.25, -0.2) is 9.59 Å². The molecule has 0 saturated heterocycles. The number of aryl methyl sites for hydroxylation is 1. The van der Waals surface area contributed by atoms with Gasteiger partial charge in [0, 0.05) is 12.1 Å². The highest BCUT2D eigenvalue weighted by Gasteiger charge is 2.26. The third-order valence-electron chi connectivity index (χ3n) is 4.26. The lowest BCUT2D eigenvalue weighted by Gasteiger charge is -2.14. The summed E-state index contributed by atoms with van der Waals surface area (Å²) >= 11 is 0. The Bertz CT molecular complexity index is 1210. The van der Waals surface area contributed by atoms with Crippen LogP contribution in [0.25, 0.3) is 21.9 Å². The smallest absolute Gasteiger partial charge is 0.342 e. The molecule has 1 heterocycles. The van der Waals surface area contributed by atoms with E-state index >= 15 is 0 Å². The number of aliphatic hydroxyl groups is 2. The number of phenolic OH excluding ortho intramolecular Hbond substituents is 2. The zero-order valence-electron chi connectivity index (χ0n) is 15.0. The summed E-state index contributed by atoms with van der Waals surface area (Å²) in [6.45, 7) is 0.203. The summed E-state index contributed by atoms with van der Waals surface area (Å²) in [5.41, 5.74) is -2.20. The fourth-order valence-electron chi connectivity index (χ4n) is 2.96. The molecular formula is C19H16O10. The number of aromatic carboxylic acids is 1. The first-order valence-corrected chi connectivity index (χ1v) is 8.31. The third-order valence-corrected chi connectivity index (χ3v) is 4.26. The fraction of sp³-hybridized carbons (Fsp3) is 0.211. The molecular weight excluding hydrogens is 388 g/mol. The van der Waals surface area contributed by atoms with E-state index in [-0.39, 0.29) is 22.1 Å². The minimum absolute atomic E-state index is 0.116. The third kappa shape index (κ3) is 3.46. The standard InChI is InChI=1S/C19H16O10/c1-7-2-10(18(25)26)14-16(24)15-11(23)3-8(21)4-12(15)29-17(14)13(7)19(27)28-6-9(22)5-20/h2-4,9,20-23H,5-6H2,1H3,(H,25,26)/t9-/m1/s1. The average Bonchev–Trinajstić information content (AvgIpc) is 2.64. The number of phenols is 2. The van der Waals surface area contributed by atoms with Crippen molar-refractivity contribution in [2.24, 2.45) is 0 Å². The molecule has 0 aliphatic carbocycles. The average molecular weight is 404 g/mol. The molecule has 0 unspecified atom stereocenters. The number of fused-ring (bicyclic) bond motifs is 2. The van der Waals surface area contributed by atoms with E-state index < -0.39 is 64.7 Å². The zero-order chi connectivity index (χ0) is 21.5. The number of hydrogen-bond acceptors (Lipinski definition) is 9. The van der Waals surface area contributed by atoms with Gasteiger partial charge < -0.3 is 34.7 Å². The van der Waals surface area contributed by atoms with Crippen LogP contribution in [0.1, 0.15) is 26.3 Å². The van der Waals surface area contributed by atoms with Crippen LogP contribution in [-0.2, 0) is 4.74 Å². The predicted octanol–water partition coefficient (Wildman–Crippen LogP) is 0.874. The Balaban J connectivity index is 2.40. The number of carbonyl (C=O) groups excluding carboxylic acids is 1. The summed E-state index contributed by atoms with van der Waals surface area (Å²) in [5, 5.41) is 46.5. The lowest BCUT2D eigenvalue weighted by atomic mass is 9.98. The molecule has 29 heavy (non-hydrogen) atoms. The SMILES string of the molecule is Cc1cc(C(=O)O)c2c(=O)c3c(O)cc(O)cc3oc2c1C(=O)OC[C@H](O)CO. The summed E-state index contributed by atoms with van der Waals surface area (Å²) in [7, 11) is 0. The van der Waals surface area contributed by atoms with Gasteiger partial charge in [0.1, 0.15) is 40.7 Å². The molecule has 0 amide bonds. The maximum Gasteiger partial charge on any atom is 0.342 e. The lowest BCUT2D eigenvalue weighted by Crippen LogP contribution is -2.23. The molecule has 0 aliphatic rings. The topological polar surface area (TPSA) is 175 Å². The summed E-state index contributed by atoms with van der Waals surface area (Å²) in [5.74, 6) is -3.52. The maximum absolute atomic E-state index is 13.0. The Morgan fingerprint density at radius 3 is 2.48 bits per heavy atom. The van der Waals surface area contributed by atoms with E-state index in [1.54, 1.807) is 0 Å². The molecule has 3 aromatic rings. The number of ether oxygens (including phenoxy) is 1. The molecule has 2 aromatic carbocycles. The largest absolute Gasteiger partial charge is 0.508 e. The van der Waals surface area contributed by atoms with E-state index in [1.165, 1.54) is 6.92 Å². The van der Waals surface area contributed by atoms with Crippen molar-refractivity contribution in [3.05, 3.63) is 45.1 Å². The van der Waals surface area contributed by atoms with Crippen LogP contribution in [0.2, 0.25) is 0 Å². The number of benzene rings is 2. The van der Waals surface area contributed by atoms with Gasteiger partial charge in [0.05, 0.1) is 17.6 Å². The van der Waals surface area contributed by atoms with Gasteiger partial charge in [-0.3, -0.25) is 4.79 Å². The second kappa shape index (κ2) is 7.41. The Kier molecular flexibility index (Phi) is 5.14. The van der Waals surface area contributed by atoms with Gasteiger partial charge in [0.15, 0.2) is 5.58 Å². The van der Waals surface area contributed by atoms with Crippen LogP contribution in [0, 0.1) is 6.92 Å². The van der Waals surface area contributed by atoms with Crippen LogP contribution in [0.3, 0.4) is 0 Å². The van der Waals surface area contributed by atoms with Gasteiger partial charge >= 0.3 is 11.9 Å². The van der Waals surface area contributed by atoms with Crippen molar-refractivity contribution in [2.45, 2.75) is 13.0 Å². The van der Waals surface area contributed by atoms with Crippen LogP contribution in [-0.4, -0.2) is 56.8 Å². The van der Waals surface area contributed by atoms with E-state index in [0.717, 1.165) is 18.2 Å². The summed E-state index contributed by atoms with van der Waals surface area (Å²) in [6, 6.07) is 3.01. The monoisotopic (exact) mass is 404 g/mol. The van der Waals surface area contributed by atoms with Crippen molar-refractivity contribution in [3.8, 4) is 11.5 Å². The van der Waals surface area contributed by atoms with Gasteiger partial charge in [0.2, 0.25) is 5.43 Å². The van der Waals surface area contributed by atoms with Crippen LogP contribution in [0.4, 0.5) is 0 Å². The highest BCUT2D eigenvalue weighted by molar-refractivity contribution is 6.12. The van der Waals surface area contributed by atoms with E-state index in [1.807, 2.05) is 0 Å². The molecule has 0 radical (unpaired) electrons. The van der Waals surface area contributed by atoms with Crippen LogP contribution in [0.5, 0.6) is 11.5 Å². The predicted molar refractivity (Wildman–Crippen MR) is 98.4 cm³/mol. The molecule has 0 saturated carbocycles. The molecule has 152 valence electrons. The quantitative estimate of drug-likeness (QED) is 0.303. The molecule has 0 aliphatic heterocycles. The fourth-order valence-corrected chi connectivity index (χ4v) is 2.96. The number of hydrogen-bond donors (Lipinski definition) is 5. The molecule has 10 nitrogen and oxygen atoms in total. The van der Waals surface area contributed by atoms with E-state index in [2.05, 4.69) is 0 Å². The molecule has 1 aromatic heterocycles. The zero-order valence-corrected chi connectivity index (χ0v) is 15.0. The molecule has 0 fully saturated rings. The number of carboxylic acid groups (broad SMARTS) is 1. The molecule has 3 rings (SSSR count). The Morgan fingerprint density at radius 2 is 1.86 bits per heavy atom. The number of rotatable bonds is 5. The van der Waals surface area contributed by atoms with Gasteiger partial charge in [-0.05, 0) is 18.6 Å². The lowest BCUT2D eigenvalue weighted by molar-refractivity contribution is 0.00933. The van der Waals surface area contributed by atoms with Gasteiger partial charge in [0.25, 0.3) is 0 Å². The van der Waals surface area contributed by atoms with Crippen molar-refractivity contribution in [2.75, 3.05) is 13.2 Å². The second-order valence-corrected chi connectivity index (χ2v) is 6.33. The molecule has 1 atom stereocenters. The number of aromatic hydroxyl groups is 2. The van der Waals surface area contributed by atoms with E-state index in [0.29, 0.717) is 0 Å². The number of carboxylic acids is 1. The summed E-state index contributed by atoms with van der Waals surface area (Å²) in [4.78, 5) is 37.2. The Morgan fingerprint density at radius 1 is 1.17 bits per heavy atom. The second-order valence-electron chi connectivity index (χ2n) is 6.33. The van der Waals surface area contributed by atoms with Crippen LogP contribution < -0.4 is 5.43 Å². The van der Waals surface area contributed by atoms with Crippen molar-refractivity contribution in [1.29, 1.82) is 0 Å². The first-order chi connectivity index (χ1) is 13.6. The maximum atomic E-state index is 13.0. The minimum atomic E-state index is -1.46. The van der Waals surface area contributed by atoms with Crippen molar-refractivity contribution >= 4 is 33.9 Å². The van der Waals surface area contributed by atoms with Crippen molar-refractivity contribution < 1.29 is 44.3 Å². The van der Waals surface area contributed by atoms with Crippen molar-refractivity contribution in [1.82, 2.24) is 0 Å². The highest BCUT2D eigenvalue weighted by atomic mass is 16.5. The first kappa shape index (κ1) is 20.1. The van der Waals surface area contributed by atoms with Crippen LogP contribution in [0.15, 0.2) is 27.4 Å². The number of esters is 1. The minimum Gasteiger partial charge on any atom is -0.508 e. The normalized spacial score (nSPS) is 12.2. The summed E-state index contributed by atoms with van der Waals surface area (Å²) in [6.07, 6.45) is -1.33. The van der Waals surface area contributed by atoms with E-state index in [9.17, 15) is 34.8 Å². The van der Waals surface area contributed by atoms with Crippen molar-refractivity contribution in [3.63, 3.8) is 0 Å². The Hall–Kier alpha value is -3.63. The number of carbonyl (C=O) groups is 2. The summed E-state index contributed by atoms with van der Waals surface area (Å²) < 4.78 is 10.5. The molecule has 0 bridgehead atoms. The Labute approximate surface area is 161 Å².